The lowest BCUT2D eigenvalue weighted by molar-refractivity contribution is 0.0827. The summed E-state index contributed by atoms with van der Waals surface area (Å²) in [5, 5.41) is 3.38. The number of hydrogen-bond donors (Lipinski definition) is 2. The number of halogens is 2. The Kier molecular flexibility index (Phi) is 7.09. The summed E-state index contributed by atoms with van der Waals surface area (Å²) >= 11 is 6.10. The summed E-state index contributed by atoms with van der Waals surface area (Å²) in [6.07, 6.45) is 1.32. The lowest BCUT2D eigenvalue weighted by atomic mass is 10.0. The molecule has 0 spiro atoms. The van der Waals surface area contributed by atoms with E-state index in [2.05, 4.69) is 39.1 Å². The van der Waals surface area contributed by atoms with Crippen molar-refractivity contribution in [3.8, 4) is 11.1 Å². The number of likely N-dealkylation sites (N-methyl/N-ethyl adjacent to an activating group) is 1. The third kappa shape index (κ3) is 5.16. The van der Waals surface area contributed by atoms with Gasteiger partial charge in [0.25, 0.3) is 5.91 Å². The highest BCUT2D eigenvalue weighted by molar-refractivity contribution is 6.32. The zero-order valence-corrected chi connectivity index (χ0v) is 21.0. The lowest BCUT2D eigenvalue weighted by Gasteiger charge is -2.39. The first-order valence-electron chi connectivity index (χ1n) is 11.3. The first kappa shape index (κ1) is 24.7. The minimum Gasteiger partial charge on any atom is -0.393 e. The number of hydrogen-bond acceptors (Lipinski definition) is 7. The van der Waals surface area contributed by atoms with Gasteiger partial charge in [-0.3, -0.25) is 4.79 Å². The Morgan fingerprint density at radius 1 is 1.20 bits per heavy atom. The lowest BCUT2D eigenvalue weighted by Crippen LogP contribution is -2.50. The van der Waals surface area contributed by atoms with Crippen LogP contribution in [-0.2, 0) is 0 Å². The smallest absolute Gasteiger partial charge is 0.253 e. The Labute approximate surface area is 209 Å². The maximum absolute atomic E-state index is 15.5. The fourth-order valence-electron chi connectivity index (χ4n) is 4.06. The Morgan fingerprint density at radius 3 is 2.57 bits per heavy atom. The monoisotopic (exact) mass is 497 g/mol. The maximum Gasteiger partial charge on any atom is 0.253 e. The van der Waals surface area contributed by atoms with Crippen LogP contribution in [0, 0.1) is 5.82 Å². The Morgan fingerprint density at radius 2 is 1.91 bits per heavy atom. The molecule has 0 saturated carbocycles. The molecule has 1 fully saturated rings. The number of anilines is 4. The van der Waals surface area contributed by atoms with E-state index in [1.807, 2.05) is 0 Å². The molecular formula is C25H29ClFN7O. The van der Waals surface area contributed by atoms with Crippen LogP contribution in [0.1, 0.15) is 17.3 Å². The second kappa shape index (κ2) is 10.1. The van der Waals surface area contributed by atoms with Crippen LogP contribution in [-0.4, -0.2) is 72.5 Å². The van der Waals surface area contributed by atoms with Crippen molar-refractivity contribution >= 4 is 40.4 Å². The van der Waals surface area contributed by atoms with E-state index in [-0.39, 0.29) is 22.6 Å². The Bertz CT molecular complexity index is 1240. The number of carbonyl (C=O) groups excluding carboxylic acids is 1. The van der Waals surface area contributed by atoms with E-state index in [9.17, 15) is 4.79 Å². The molecule has 1 aliphatic heterocycles. The molecule has 0 bridgehead atoms. The standard InChI is InChI=1S/C25H29ClFN7O/c1-15-13-34(10-9-33(15)4)21-12-19(27)18(16-5-7-17(8-6-16)25(35)32(2)3)11-20(21)31-24-22(28)23(26)29-14-30-24/h5-8,11-12,14-15H,9-10,13,28H2,1-4H3,(H,29,30,31). The summed E-state index contributed by atoms with van der Waals surface area (Å²) in [5.41, 5.74) is 9.23. The van der Waals surface area contributed by atoms with Gasteiger partial charge in [-0.2, -0.15) is 0 Å². The van der Waals surface area contributed by atoms with Crippen molar-refractivity contribution in [2.24, 2.45) is 0 Å². The van der Waals surface area contributed by atoms with Crippen molar-refractivity contribution in [3.05, 3.63) is 59.3 Å². The summed E-state index contributed by atoms with van der Waals surface area (Å²) in [7, 11) is 5.47. The van der Waals surface area contributed by atoms with Crippen molar-refractivity contribution in [2.75, 3.05) is 56.7 Å². The number of amides is 1. The molecule has 10 heteroatoms. The van der Waals surface area contributed by atoms with Crippen molar-refractivity contribution in [2.45, 2.75) is 13.0 Å². The molecule has 2 aromatic carbocycles. The molecule has 184 valence electrons. The Hall–Kier alpha value is -3.43. The minimum absolute atomic E-state index is 0.116. The van der Waals surface area contributed by atoms with Gasteiger partial charge in [0.15, 0.2) is 11.0 Å². The van der Waals surface area contributed by atoms with Crippen LogP contribution < -0.4 is 16.0 Å². The van der Waals surface area contributed by atoms with Crippen LogP contribution in [0.2, 0.25) is 5.15 Å². The average Bonchev–Trinajstić information content (AvgIpc) is 2.84. The molecule has 0 aliphatic carbocycles. The van der Waals surface area contributed by atoms with E-state index < -0.39 is 0 Å². The average molecular weight is 498 g/mol. The molecule has 0 radical (unpaired) electrons. The largest absolute Gasteiger partial charge is 0.393 e. The maximum atomic E-state index is 15.5. The van der Waals surface area contributed by atoms with Gasteiger partial charge in [0.2, 0.25) is 0 Å². The number of nitrogens with zero attached hydrogens (tertiary/aromatic N) is 5. The summed E-state index contributed by atoms with van der Waals surface area (Å²) in [6.45, 7) is 4.48. The van der Waals surface area contributed by atoms with Gasteiger partial charge in [-0.25, -0.2) is 14.4 Å². The van der Waals surface area contributed by atoms with Gasteiger partial charge in [-0.15, -0.1) is 0 Å². The molecule has 3 N–H and O–H groups in total. The van der Waals surface area contributed by atoms with Gasteiger partial charge in [-0.05, 0) is 43.8 Å². The predicted molar refractivity (Wildman–Crippen MR) is 139 cm³/mol. The van der Waals surface area contributed by atoms with Gasteiger partial charge in [-0.1, -0.05) is 23.7 Å². The number of nitrogen functional groups attached to an aromatic ring is 1. The number of nitrogens with two attached hydrogens (primary N) is 1. The molecule has 35 heavy (non-hydrogen) atoms. The van der Waals surface area contributed by atoms with Crippen molar-refractivity contribution in [3.63, 3.8) is 0 Å². The number of aromatic nitrogens is 2. The van der Waals surface area contributed by atoms with Gasteiger partial charge in [0, 0.05) is 50.9 Å². The van der Waals surface area contributed by atoms with Gasteiger partial charge >= 0.3 is 0 Å². The second-order valence-electron chi connectivity index (χ2n) is 8.95. The topological polar surface area (TPSA) is 90.6 Å². The van der Waals surface area contributed by atoms with Crippen LogP contribution >= 0.6 is 11.6 Å². The van der Waals surface area contributed by atoms with Crippen LogP contribution in [0.3, 0.4) is 0 Å². The normalized spacial score (nSPS) is 16.3. The third-order valence-corrected chi connectivity index (χ3v) is 6.62. The van der Waals surface area contributed by atoms with Crippen LogP contribution in [0.25, 0.3) is 11.1 Å². The predicted octanol–water partition coefficient (Wildman–Crippen LogP) is 4.10. The van der Waals surface area contributed by atoms with Gasteiger partial charge in [0.05, 0.1) is 11.4 Å². The van der Waals surface area contributed by atoms with Gasteiger partial charge < -0.3 is 25.8 Å². The fraction of sp³-hybridized carbons (Fsp3) is 0.320. The van der Waals surface area contributed by atoms with Gasteiger partial charge in [0.1, 0.15) is 17.8 Å². The summed E-state index contributed by atoms with van der Waals surface area (Å²) in [6, 6.07) is 10.5. The quantitative estimate of drug-likeness (QED) is 0.513. The van der Waals surface area contributed by atoms with E-state index >= 15 is 4.39 Å². The molecule has 3 aromatic rings. The minimum atomic E-state index is -0.363. The van der Waals surface area contributed by atoms with E-state index in [4.69, 9.17) is 17.3 Å². The number of rotatable bonds is 5. The van der Waals surface area contributed by atoms with Crippen LogP contribution in [0.4, 0.5) is 27.3 Å². The van der Waals surface area contributed by atoms with Crippen LogP contribution in [0.15, 0.2) is 42.7 Å². The fourth-order valence-corrected chi connectivity index (χ4v) is 4.20. The molecule has 1 atom stereocenters. The highest BCUT2D eigenvalue weighted by Gasteiger charge is 2.25. The summed E-state index contributed by atoms with van der Waals surface area (Å²) < 4.78 is 15.5. The molecule has 1 aliphatic rings. The molecule has 1 aromatic heterocycles. The molecule has 4 rings (SSSR count). The number of piperazine rings is 1. The summed E-state index contributed by atoms with van der Waals surface area (Å²) in [5.74, 6) is -0.134. The third-order valence-electron chi connectivity index (χ3n) is 6.32. The highest BCUT2D eigenvalue weighted by Crippen LogP contribution is 2.38. The highest BCUT2D eigenvalue weighted by atomic mass is 35.5. The van der Waals surface area contributed by atoms with E-state index in [0.29, 0.717) is 39.9 Å². The van der Waals surface area contributed by atoms with E-state index in [1.54, 1.807) is 44.4 Å². The van der Waals surface area contributed by atoms with Crippen LogP contribution in [0.5, 0.6) is 0 Å². The molecule has 8 nitrogen and oxygen atoms in total. The van der Waals surface area contributed by atoms with Crippen molar-refractivity contribution in [1.29, 1.82) is 0 Å². The van der Waals surface area contributed by atoms with Crippen molar-refractivity contribution in [1.82, 2.24) is 19.8 Å². The zero-order chi connectivity index (χ0) is 25.3. The molecular weight excluding hydrogens is 469 g/mol. The molecule has 1 saturated heterocycles. The number of benzene rings is 2. The molecule has 1 amide bonds. The number of carbonyl (C=O) groups is 1. The second-order valence-corrected chi connectivity index (χ2v) is 9.31. The first-order chi connectivity index (χ1) is 16.7. The zero-order valence-electron chi connectivity index (χ0n) is 20.2. The molecule has 2 heterocycles. The van der Waals surface area contributed by atoms with E-state index in [0.717, 1.165) is 19.6 Å². The number of nitrogens with one attached hydrogen (secondary N) is 1. The van der Waals surface area contributed by atoms with Crippen molar-refractivity contribution < 1.29 is 9.18 Å². The van der Waals surface area contributed by atoms with E-state index in [1.165, 1.54) is 17.3 Å². The first-order valence-corrected chi connectivity index (χ1v) is 11.7. The SMILES string of the molecule is CC1CN(c2cc(F)c(-c3ccc(C(=O)N(C)C)cc3)cc2Nc2ncnc(Cl)c2N)CCN1C. The summed E-state index contributed by atoms with van der Waals surface area (Å²) in [4.78, 5) is 26.3. The Balaban J connectivity index is 1.77. The molecule has 1 unspecified atom stereocenters.